The third kappa shape index (κ3) is 19.4. The lowest BCUT2D eigenvalue weighted by atomic mass is 10.1. The standard InChI is InChI=1S/C33H59N8O6P.C4H11N/c1-5-7-9-11-13-15-20-46-31(42)25(3)39-48(44,40-26(4)32(43)47-21-16-14-12-10-8-6-2)24-45-22-19-41-23-35-28-29(36-27-17-18-27)37-33(34)38-30(28)41;1-3-4(2)5/h23,25-27H,5-22,24H2,1-4H3,(H2,39,40,44)(H3,34,36,37,38);4H,3,5H2,1-2H3/t25-,26-;4-/m01/s1. The second kappa shape index (κ2) is 26.0. The molecule has 0 amide bonds. The number of unbranched alkanes of at least 4 members (excludes halogenated alkanes) is 10. The first-order chi connectivity index (χ1) is 25.4. The van der Waals surface area contributed by atoms with Crippen molar-refractivity contribution in [2.45, 2.75) is 169 Å². The molecule has 0 radical (unpaired) electrons. The summed E-state index contributed by atoms with van der Waals surface area (Å²) in [6.07, 6.45) is 17.5. The summed E-state index contributed by atoms with van der Waals surface area (Å²) in [5, 5.41) is 9.10. The van der Waals surface area contributed by atoms with Crippen molar-refractivity contribution in [1.29, 1.82) is 0 Å². The van der Waals surface area contributed by atoms with Gasteiger partial charge in [-0.2, -0.15) is 9.97 Å². The van der Waals surface area contributed by atoms with E-state index in [9.17, 15) is 14.2 Å². The molecule has 1 aliphatic rings. The van der Waals surface area contributed by atoms with Gasteiger partial charge in [-0.15, -0.1) is 0 Å². The number of esters is 2. The van der Waals surface area contributed by atoms with E-state index < -0.39 is 31.5 Å². The fourth-order valence-electron chi connectivity index (χ4n) is 5.21. The lowest BCUT2D eigenvalue weighted by molar-refractivity contribution is -0.145. The molecule has 1 saturated carbocycles. The number of hydrogen-bond donors (Lipinski definition) is 5. The highest BCUT2D eigenvalue weighted by Gasteiger charge is 2.32. The number of nitrogens with zero attached hydrogens (tertiary/aromatic N) is 4. The molecule has 53 heavy (non-hydrogen) atoms. The van der Waals surface area contributed by atoms with E-state index in [0.29, 0.717) is 48.8 Å². The Kier molecular flexibility index (Phi) is 22.8. The molecule has 0 bridgehead atoms. The van der Waals surface area contributed by atoms with Crippen LogP contribution in [0, 0.1) is 0 Å². The molecule has 2 heterocycles. The summed E-state index contributed by atoms with van der Waals surface area (Å²) in [7, 11) is -3.64. The van der Waals surface area contributed by atoms with Crippen LogP contribution in [0.3, 0.4) is 0 Å². The van der Waals surface area contributed by atoms with Crippen LogP contribution in [0.25, 0.3) is 11.2 Å². The van der Waals surface area contributed by atoms with E-state index in [1.807, 2.05) is 6.92 Å². The Morgan fingerprint density at radius 3 is 1.85 bits per heavy atom. The van der Waals surface area contributed by atoms with Crippen LogP contribution in [0.5, 0.6) is 0 Å². The summed E-state index contributed by atoms with van der Waals surface area (Å²) >= 11 is 0. The zero-order valence-electron chi connectivity index (χ0n) is 33.4. The molecule has 304 valence electrons. The van der Waals surface area contributed by atoms with Gasteiger partial charge in [0.2, 0.25) is 13.4 Å². The van der Waals surface area contributed by atoms with Gasteiger partial charge in [-0.05, 0) is 52.9 Å². The number of anilines is 2. The highest BCUT2D eigenvalue weighted by atomic mass is 31.2. The second-order valence-electron chi connectivity index (χ2n) is 14.2. The third-order valence-corrected chi connectivity index (χ3v) is 10.9. The van der Waals surface area contributed by atoms with Crippen LogP contribution in [0.4, 0.5) is 11.8 Å². The second-order valence-corrected chi connectivity index (χ2v) is 16.4. The zero-order valence-corrected chi connectivity index (χ0v) is 34.3. The van der Waals surface area contributed by atoms with E-state index >= 15 is 0 Å². The van der Waals surface area contributed by atoms with E-state index in [0.717, 1.165) is 57.8 Å². The van der Waals surface area contributed by atoms with Crippen LogP contribution >= 0.6 is 7.44 Å². The lowest BCUT2D eigenvalue weighted by Crippen LogP contribution is -2.43. The van der Waals surface area contributed by atoms with Crippen molar-refractivity contribution >= 4 is 42.3 Å². The number of nitrogens with one attached hydrogen (secondary N) is 3. The number of fused-ring (bicyclic) bond motifs is 1. The van der Waals surface area contributed by atoms with E-state index in [-0.39, 0.29) is 18.9 Å². The highest BCUT2D eigenvalue weighted by Crippen LogP contribution is 2.38. The van der Waals surface area contributed by atoms with Crippen LogP contribution in [0.1, 0.15) is 138 Å². The third-order valence-electron chi connectivity index (χ3n) is 8.79. The molecular formula is C37H70N9O6P. The van der Waals surface area contributed by atoms with Gasteiger partial charge in [0, 0.05) is 18.6 Å². The molecule has 15 nitrogen and oxygen atoms in total. The number of ether oxygens (including phenoxy) is 3. The number of nitrogen functional groups attached to an aromatic ring is 1. The van der Waals surface area contributed by atoms with Gasteiger partial charge in [-0.1, -0.05) is 85.0 Å². The van der Waals surface area contributed by atoms with Crippen LogP contribution in [-0.2, 0) is 34.9 Å². The Balaban J connectivity index is 0.00000181. The molecule has 0 aromatic carbocycles. The maximum atomic E-state index is 14.1. The van der Waals surface area contributed by atoms with Crippen molar-refractivity contribution < 1.29 is 28.4 Å². The fraction of sp³-hybridized carbons (Fsp3) is 0.811. The summed E-state index contributed by atoms with van der Waals surface area (Å²) in [6, 6.07) is -1.04. The van der Waals surface area contributed by atoms with Crippen LogP contribution in [0.2, 0.25) is 0 Å². The van der Waals surface area contributed by atoms with Gasteiger partial charge >= 0.3 is 11.9 Å². The SMILES string of the molecule is CCCCCCCCOC(=O)[C@H](C)NP(=O)(COCCn1cnc2c(NC3CC3)nc(N)nc21)N[C@@H](C)C(=O)OCCCCCCCC.CC[C@@H](C)N. The molecular weight excluding hydrogens is 697 g/mol. The Bertz CT molecular complexity index is 1330. The monoisotopic (exact) mass is 768 g/mol. The van der Waals surface area contributed by atoms with Gasteiger partial charge in [-0.25, -0.2) is 15.2 Å². The summed E-state index contributed by atoms with van der Waals surface area (Å²) in [6.45, 7) is 12.7. The van der Waals surface area contributed by atoms with Crippen LogP contribution in [0.15, 0.2) is 6.33 Å². The minimum atomic E-state index is -3.64. The quantitative estimate of drug-likeness (QED) is 0.0349. The van der Waals surface area contributed by atoms with Crippen molar-refractivity contribution in [2.24, 2.45) is 5.73 Å². The number of hydrogen-bond acceptors (Lipinski definition) is 12. The number of nitrogens with two attached hydrogens (primary N) is 2. The minimum absolute atomic E-state index is 0.140. The number of imidazole rings is 1. The summed E-state index contributed by atoms with van der Waals surface area (Å²) in [5.41, 5.74) is 12.4. The van der Waals surface area contributed by atoms with Crippen molar-refractivity contribution in [3.8, 4) is 0 Å². The van der Waals surface area contributed by atoms with Crippen molar-refractivity contribution in [1.82, 2.24) is 29.7 Å². The molecule has 0 unspecified atom stereocenters. The molecule has 0 saturated heterocycles. The molecule has 0 spiro atoms. The van der Waals surface area contributed by atoms with E-state index in [1.165, 1.54) is 38.5 Å². The van der Waals surface area contributed by atoms with Gasteiger partial charge in [-0.3, -0.25) is 14.2 Å². The van der Waals surface area contributed by atoms with Gasteiger partial charge in [0.25, 0.3) is 0 Å². The molecule has 1 aliphatic carbocycles. The molecule has 3 atom stereocenters. The van der Waals surface area contributed by atoms with Crippen LogP contribution < -0.4 is 27.0 Å². The summed E-state index contributed by atoms with van der Waals surface area (Å²) < 4.78 is 32.7. The largest absolute Gasteiger partial charge is 0.465 e. The maximum Gasteiger partial charge on any atom is 0.323 e. The Hall–Kier alpha value is -2.84. The van der Waals surface area contributed by atoms with Gasteiger partial charge in [0.15, 0.2) is 17.0 Å². The smallest absolute Gasteiger partial charge is 0.323 e. The fourth-order valence-corrected chi connectivity index (χ4v) is 7.28. The highest BCUT2D eigenvalue weighted by molar-refractivity contribution is 7.59. The molecule has 7 N–H and O–H groups in total. The van der Waals surface area contributed by atoms with E-state index in [2.05, 4.69) is 51.2 Å². The normalized spacial score (nSPS) is 14.6. The average Bonchev–Trinajstić information content (AvgIpc) is 3.85. The van der Waals surface area contributed by atoms with Gasteiger partial charge in [0.05, 0.1) is 26.1 Å². The van der Waals surface area contributed by atoms with Gasteiger partial charge < -0.3 is 35.6 Å². The zero-order chi connectivity index (χ0) is 39.1. The molecule has 16 heteroatoms. The predicted octanol–water partition coefficient (Wildman–Crippen LogP) is 6.66. The first-order valence-electron chi connectivity index (χ1n) is 20.0. The molecule has 3 rings (SSSR count). The number of rotatable bonds is 28. The summed E-state index contributed by atoms with van der Waals surface area (Å²) in [4.78, 5) is 38.7. The maximum absolute atomic E-state index is 14.1. The lowest BCUT2D eigenvalue weighted by Gasteiger charge is -2.26. The Morgan fingerprint density at radius 1 is 0.849 bits per heavy atom. The van der Waals surface area contributed by atoms with Crippen LogP contribution in [-0.4, -0.2) is 81.8 Å². The Labute approximate surface area is 317 Å². The van der Waals surface area contributed by atoms with E-state index in [4.69, 9.17) is 25.7 Å². The molecule has 0 aliphatic heterocycles. The Morgan fingerprint density at radius 2 is 1.36 bits per heavy atom. The van der Waals surface area contributed by atoms with E-state index in [1.54, 1.807) is 24.7 Å². The molecule has 1 fully saturated rings. The average molecular weight is 768 g/mol. The minimum Gasteiger partial charge on any atom is -0.465 e. The first-order valence-corrected chi connectivity index (χ1v) is 21.9. The van der Waals surface area contributed by atoms with Crippen molar-refractivity contribution in [2.75, 3.05) is 37.2 Å². The van der Waals surface area contributed by atoms with Gasteiger partial charge in [0.1, 0.15) is 18.4 Å². The first kappa shape index (κ1) is 46.3. The molecule has 2 aromatic rings. The number of aromatic nitrogens is 4. The van der Waals surface area contributed by atoms with Crippen molar-refractivity contribution in [3.63, 3.8) is 0 Å². The predicted molar refractivity (Wildman–Crippen MR) is 213 cm³/mol. The summed E-state index contributed by atoms with van der Waals surface area (Å²) in [5.74, 6) is -0.281. The van der Waals surface area contributed by atoms with Crippen molar-refractivity contribution in [3.05, 3.63) is 6.33 Å². The number of carbonyl (C=O) groups is 2. The molecule has 2 aromatic heterocycles. The number of carbonyl (C=O) groups excluding carboxylic acids is 2. The topological polar surface area (TPSA) is 211 Å².